The molecule has 4 heterocycles. The molecule has 2 aromatic heterocycles. The van der Waals surface area contributed by atoms with Crippen LogP contribution in [0.2, 0.25) is 0 Å². The molecule has 0 unspecified atom stereocenters. The maximum absolute atomic E-state index is 12.9. The molecule has 1 fully saturated rings. The summed E-state index contributed by atoms with van der Waals surface area (Å²) < 4.78 is 1.90. The number of carbonyl (C=O) groups excluding carboxylic acids is 1. The van der Waals surface area contributed by atoms with Gasteiger partial charge in [-0.2, -0.15) is 0 Å². The van der Waals surface area contributed by atoms with Crippen LogP contribution in [0, 0.1) is 5.92 Å². The maximum Gasteiger partial charge on any atom is 0.274 e. The first-order chi connectivity index (χ1) is 13.7. The molecule has 3 aromatic rings. The minimum Gasteiger partial charge on any atom is -0.336 e. The Kier molecular flexibility index (Phi) is 4.04. The molecule has 1 saturated heterocycles. The number of pyridine rings is 1. The topological polar surface area (TPSA) is 68.1 Å². The molecule has 0 aliphatic carbocycles. The molecule has 1 amide bonds. The number of amides is 1. The summed E-state index contributed by atoms with van der Waals surface area (Å²) in [5.41, 5.74) is 3.41. The number of hydrogen-bond donors (Lipinski definition) is 0. The fraction of sp³-hybridized carbons (Fsp3) is 0.273. The second kappa shape index (κ2) is 6.71. The molecular formula is C22H20N4O2. The minimum absolute atomic E-state index is 0.0414. The van der Waals surface area contributed by atoms with E-state index in [0.717, 1.165) is 23.2 Å². The average molecular weight is 372 g/mol. The van der Waals surface area contributed by atoms with E-state index in [-0.39, 0.29) is 23.3 Å². The van der Waals surface area contributed by atoms with Crippen molar-refractivity contribution < 1.29 is 4.79 Å². The van der Waals surface area contributed by atoms with Crippen LogP contribution in [0.15, 0.2) is 65.8 Å². The standard InChI is InChI=1S/C22H20N4O2/c27-21-10-17(16-4-2-1-3-5-16)9-20-18-8-15(13-26(20)21)12-25(14-18)22(28)19-11-23-6-7-24-19/h1-7,9-11,15,18H,8,12-14H2/t15-,18+/m0/s1. The molecule has 0 N–H and O–H groups in total. The van der Waals surface area contributed by atoms with Crippen LogP contribution in [0.1, 0.15) is 28.5 Å². The lowest BCUT2D eigenvalue weighted by atomic mass is 9.82. The van der Waals surface area contributed by atoms with Crippen molar-refractivity contribution in [1.82, 2.24) is 19.4 Å². The number of benzene rings is 1. The molecule has 2 atom stereocenters. The molecule has 0 radical (unpaired) electrons. The van der Waals surface area contributed by atoms with Crippen molar-refractivity contribution in [3.05, 3.63) is 82.8 Å². The maximum atomic E-state index is 12.9. The Labute approximate surface area is 162 Å². The molecule has 0 spiro atoms. The normalized spacial score (nSPS) is 20.5. The molecule has 0 saturated carbocycles. The Bertz CT molecular complexity index is 1080. The quantitative estimate of drug-likeness (QED) is 0.693. The van der Waals surface area contributed by atoms with Gasteiger partial charge in [-0.15, -0.1) is 0 Å². The second-order valence-electron chi connectivity index (χ2n) is 7.58. The van der Waals surface area contributed by atoms with Gasteiger partial charge in [0.1, 0.15) is 5.69 Å². The summed E-state index contributed by atoms with van der Waals surface area (Å²) in [7, 11) is 0. The number of piperidine rings is 1. The highest BCUT2D eigenvalue weighted by atomic mass is 16.2. The van der Waals surface area contributed by atoms with Gasteiger partial charge >= 0.3 is 0 Å². The Morgan fingerprint density at radius 3 is 2.64 bits per heavy atom. The van der Waals surface area contributed by atoms with Gasteiger partial charge in [0.25, 0.3) is 11.5 Å². The average Bonchev–Trinajstić information content (AvgIpc) is 2.75. The van der Waals surface area contributed by atoms with Gasteiger partial charge in [0.15, 0.2) is 0 Å². The van der Waals surface area contributed by atoms with Crippen molar-refractivity contribution in [2.24, 2.45) is 5.92 Å². The monoisotopic (exact) mass is 372 g/mol. The number of hydrogen-bond acceptors (Lipinski definition) is 4. The van der Waals surface area contributed by atoms with Crippen LogP contribution in [0.5, 0.6) is 0 Å². The SMILES string of the molecule is O=C(c1cnccn1)N1C[C@@H]2C[C@H](C1)c1cc(-c3ccccc3)cc(=O)n1C2. The van der Waals surface area contributed by atoms with Gasteiger partial charge in [0, 0.05) is 49.7 Å². The van der Waals surface area contributed by atoms with Crippen molar-refractivity contribution in [2.75, 3.05) is 13.1 Å². The van der Waals surface area contributed by atoms with Crippen LogP contribution in [-0.2, 0) is 6.54 Å². The van der Waals surface area contributed by atoms with Crippen LogP contribution in [0.25, 0.3) is 11.1 Å². The lowest BCUT2D eigenvalue weighted by Crippen LogP contribution is -2.49. The van der Waals surface area contributed by atoms with Crippen LogP contribution in [0.4, 0.5) is 0 Å². The number of aromatic nitrogens is 3. The predicted molar refractivity (Wildman–Crippen MR) is 105 cm³/mol. The van der Waals surface area contributed by atoms with E-state index in [9.17, 15) is 9.59 Å². The number of rotatable bonds is 2. The van der Waals surface area contributed by atoms with E-state index in [0.29, 0.717) is 25.3 Å². The van der Waals surface area contributed by atoms with E-state index >= 15 is 0 Å². The second-order valence-corrected chi connectivity index (χ2v) is 7.58. The zero-order valence-electron chi connectivity index (χ0n) is 15.4. The van der Waals surface area contributed by atoms with Gasteiger partial charge < -0.3 is 9.47 Å². The Morgan fingerprint density at radius 1 is 1.00 bits per heavy atom. The smallest absolute Gasteiger partial charge is 0.274 e. The third kappa shape index (κ3) is 2.91. The first-order valence-electron chi connectivity index (χ1n) is 9.54. The van der Waals surface area contributed by atoms with Gasteiger partial charge in [-0.1, -0.05) is 30.3 Å². The molecule has 2 aliphatic rings. The van der Waals surface area contributed by atoms with Crippen LogP contribution < -0.4 is 5.56 Å². The zero-order valence-corrected chi connectivity index (χ0v) is 15.4. The third-order valence-corrected chi connectivity index (χ3v) is 5.73. The number of fused-ring (bicyclic) bond motifs is 4. The molecule has 1 aromatic carbocycles. The van der Waals surface area contributed by atoms with Crippen LogP contribution >= 0.6 is 0 Å². The summed E-state index contributed by atoms with van der Waals surface area (Å²) in [4.78, 5) is 35.7. The summed E-state index contributed by atoms with van der Waals surface area (Å²) in [5, 5.41) is 0. The van der Waals surface area contributed by atoms with E-state index in [4.69, 9.17) is 0 Å². The van der Waals surface area contributed by atoms with Crippen molar-refractivity contribution in [3.63, 3.8) is 0 Å². The summed E-state index contributed by atoms with van der Waals surface area (Å²) in [5.74, 6) is 0.356. The molecule has 6 heteroatoms. The van der Waals surface area contributed by atoms with Gasteiger partial charge in [0.2, 0.25) is 0 Å². The Hall–Kier alpha value is -3.28. The molecule has 2 aliphatic heterocycles. The van der Waals surface area contributed by atoms with Crippen molar-refractivity contribution in [3.8, 4) is 11.1 Å². The summed E-state index contributed by atoms with van der Waals surface area (Å²) >= 11 is 0. The summed E-state index contributed by atoms with van der Waals surface area (Å²) in [6.07, 6.45) is 5.62. The summed E-state index contributed by atoms with van der Waals surface area (Å²) in [6, 6.07) is 13.8. The highest BCUT2D eigenvalue weighted by Crippen LogP contribution is 2.36. The van der Waals surface area contributed by atoms with Crippen LogP contribution in [0.3, 0.4) is 0 Å². The van der Waals surface area contributed by atoms with Crippen molar-refractivity contribution >= 4 is 5.91 Å². The molecule has 2 bridgehead atoms. The summed E-state index contributed by atoms with van der Waals surface area (Å²) in [6.45, 7) is 1.91. The first-order valence-corrected chi connectivity index (χ1v) is 9.54. The van der Waals surface area contributed by atoms with Gasteiger partial charge in [-0.05, 0) is 29.5 Å². The molecule has 140 valence electrons. The number of nitrogens with zero attached hydrogens (tertiary/aromatic N) is 4. The van der Waals surface area contributed by atoms with Crippen molar-refractivity contribution in [1.29, 1.82) is 0 Å². The lowest BCUT2D eigenvalue weighted by Gasteiger charge is -2.42. The van der Waals surface area contributed by atoms with Crippen LogP contribution in [-0.4, -0.2) is 38.4 Å². The molecular weight excluding hydrogens is 352 g/mol. The zero-order chi connectivity index (χ0) is 19.1. The number of likely N-dealkylation sites (tertiary alicyclic amines) is 1. The predicted octanol–water partition coefficient (Wildman–Crippen LogP) is 2.56. The number of carbonyl (C=O) groups is 1. The minimum atomic E-state index is -0.0854. The Morgan fingerprint density at radius 2 is 1.86 bits per heavy atom. The fourth-order valence-corrected chi connectivity index (χ4v) is 4.49. The van der Waals surface area contributed by atoms with E-state index in [2.05, 4.69) is 16.0 Å². The molecule has 5 rings (SSSR count). The van der Waals surface area contributed by atoms with Gasteiger partial charge in [0.05, 0.1) is 6.20 Å². The highest BCUT2D eigenvalue weighted by Gasteiger charge is 2.37. The van der Waals surface area contributed by atoms with Gasteiger partial charge in [-0.3, -0.25) is 14.6 Å². The lowest BCUT2D eigenvalue weighted by molar-refractivity contribution is 0.0588. The van der Waals surface area contributed by atoms with E-state index < -0.39 is 0 Å². The van der Waals surface area contributed by atoms with E-state index in [1.807, 2.05) is 39.8 Å². The fourth-order valence-electron chi connectivity index (χ4n) is 4.49. The van der Waals surface area contributed by atoms with E-state index in [1.165, 1.54) is 6.20 Å². The van der Waals surface area contributed by atoms with E-state index in [1.54, 1.807) is 18.5 Å². The largest absolute Gasteiger partial charge is 0.336 e. The molecule has 6 nitrogen and oxygen atoms in total. The first kappa shape index (κ1) is 16.9. The van der Waals surface area contributed by atoms with Gasteiger partial charge in [-0.25, -0.2) is 4.98 Å². The molecule has 28 heavy (non-hydrogen) atoms. The Balaban J connectivity index is 1.50. The van der Waals surface area contributed by atoms with Crippen molar-refractivity contribution in [2.45, 2.75) is 18.9 Å². The third-order valence-electron chi connectivity index (χ3n) is 5.73. The highest BCUT2D eigenvalue weighted by molar-refractivity contribution is 5.92.